The van der Waals surface area contributed by atoms with Crippen molar-refractivity contribution in [2.75, 3.05) is 18.4 Å². The molecule has 1 aliphatic carbocycles. The van der Waals surface area contributed by atoms with E-state index >= 15 is 0 Å². The van der Waals surface area contributed by atoms with Crippen LogP contribution in [0.25, 0.3) is 0 Å². The average Bonchev–Trinajstić information content (AvgIpc) is 2.85. The lowest BCUT2D eigenvalue weighted by molar-refractivity contribution is -0.131. The first-order chi connectivity index (χ1) is 17.2. The van der Waals surface area contributed by atoms with Crippen LogP contribution in [-0.2, 0) is 20.6 Å². The molecule has 1 unspecified atom stereocenters. The van der Waals surface area contributed by atoms with Crippen LogP contribution < -0.4 is 16.4 Å². The number of anilines is 1. The van der Waals surface area contributed by atoms with Crippen LogP contribution >= 0.6 is 11.6 Å². The van der Waals surface area contributed by atoms with Gasteiger partial charge in [-0.2, -0.15) is 4.31 Å². The van der Waals surface area contributed by atoms with Crippen molar-refractivity contribution in [2.45, 2.75) is 56.1 Å². The minimum atomic E-state index is -3.92. The summed E-state index contributed by atoms with van der Waals surface area (Å²) in [6, 6.07) is 14.9. The number of urea groups is 1. The van der Waals surface area contributed by atoms with Crippen LogP contribution in [0.15, 0.2) is 54.6 Å². The van der Waals surface area contributed by atoms with Crippen LogP contribution in [-0.4, -0.2) is 60.9 Å². The van der Waals surface area contributed by atoms with E-state index in [4.69, 9.17) is 17.3 Å². The highest BCUT2D eigenvalue weighted by molar-refractivity contribution is 7.88. The minimum Gasteiger partial charge on any atom is -0.350 e. The number of benzene rings is 2. The lowest BCUT2D eigenvalue weighted by atomic mass is 9.92. The summed E-state index contributed by atoms with van der Waals surface area (Å²) in [6.07, 6.45) is 2.09. The van der Waals surface area contributed by atoms with Crippen LogP contribution in [0, 0.1) is 0 Å². The Labute approximate surface area is 217 Å². The quantitative estimate of drug-likeness (QED) is 0.526. The van der Waals surface area contributed by atoms with Crippen LogP contribution in [0.2, 0.25) is 5.02 Å². The van der Waals surface area contributed by atoms with Gasteiger partial charge >= 0.3 is 6.03 Å². The molecule has 0 radical (unpaired) electrons. The van der Waals surface area contributed by atoms with Crippen molar-refractivity contribution in [3.05, 3.63) is 65.2 Å². The molecule has 4 N–H and O–H groups in total. The number of nitrogens with one attached hydrogen (secondary N) is 2. The van der Waals surface area contributed by atoms with Gasteiger partial charge in [0.2, 0.25) is 10.0 Å². The van der Waals surface area contributed by atoms with Gasteiger partial charge in [0.05, 0.1) is 5.75 Å². The zero-order valence-electron chi connectivity index (χ0n) is 20.0. The van der Waals surface area contributed by atoms with E-state index in [1.165, 1.54) is 4.90 Å². The molecule has 1 saturated heterocycles. The summed E-state index contributed by atoms with van der Waals surface area (Å²) < 4.78 is 28.2. The zero-order chi connectivity index (χ0) is 25.7. The summed E-state index contributed by atoms with van der Waals surface area (Å²) in [5.74, 6) is -0.771. The van der Waals surface area contributed by atoms with Crippen molar-refractivity contribution in [1.82, 2.24) is 14.5 Å². The Balaban J connectivity index is 1.59. The standard InChI is InChI=1S/C25H32ClN5O4S/c26-19-8-4-9-22(16-19)29-25(33)30-14-5-15-31(36(34,35)17-18-6-2-1-3-7-18)24(30)23(32)28-21-12-10-20(27)11-13-21/h1-4,6-9,16,20-21,24H,5,10-15,17,27H2,(H,28,32)(H,29,33). The molecule has 2 aromatic carbocycles. The zero-order valence-corrected chi connectivity index (χ0v) is 21.5. The molecule has 1 heterocycles. The Kier molecular flexibility index (Phi) is 8.50. The molecule has 1 atom stereocenters. The summed E-state index contributed by atoms with van der Waals surface area (Å²) in [5.41, 5.74) is 7.06. The number of amides is 3. The number of hydrogen-bond acceptors (Lipinski definition) is 5. The van der Waals surface area contributed by atoms with Gasteiger partial charge in [-0.15, -0.1) is 0 Å². The second-order valence-corrected chi connectivity index (χ2v) is 11.7. The molecule has 4 rings (SSSR count). The molecule has 0 aromatic heterocycles. The van der Waals surface area contributed by atoms with Crippen molar-refractivity contribution in [2.24, 2.45) is 5.73 Å². The third-order valence-corrected chi connectivity index (χ3v) is 8.61. The largest absolute Gasteiger partial charge is 0.350 e. The van der Waals surface area contributed by atoms with Crippen molar-refractivity contribution in [3.8, 4) is 0 Å². The first kappa shape index (κ1) is 26.4. The minimum absolute atomic E-state index is 0.107. The second-order valence-electron chi connectivity index (χ2n) is 9.33. The van der Waals surface area contributed by atoms with E-state index in [1.807, 2.05) is 6.07 Å². The topological polar surface area (TPSA) is 125 Å². The van der Waals surface area contributed by atoms with E-state index in [0.717, 1.165) is 17.1 Å². The first-order valence-corrected chi connectivity index (χ1v) is 14.1. The Bertz CT molecular complexity index is 1170. The molecule has 0 spiro atoms. The molecule has 1 aliphatic heterocycles. The predicted molar refractivity (Wildman–Crippen MR) is 140 cm³/mol. The monoisotopic (exact) mass is 533 g/mol. The highest BCUT2D eigenvalue weighted by atomic mass is 35.5. The van der Waals surface area contributed by atoms with E-state index in [0.29, 0.717) is 35.5 Å². The third-order valence-electron chi connectivity index (χ3n) is 6.58. The fourth-order valence-electron chi connectivity index (χ4n) is 4.74. The van der Waals surface area contributed by atoms with Crippen LogP contribution in [0.1, 0.15) is 37.7 Å². The number of hydrogen-bond donors (Lipinski definition) is 3. The summed E-state index contributed by atoms with van der Waals surface area (Å²) in [5, 5.41) is 6.19. The molecule has 36 heavy (non-hydrogen) atoms. The van der Waals surface area contributed by atoms with Gasteiger partial charge in [0.1, 0.15) is 0 Å². The summed E-state index contributed by atoms with van der Waals surface area (Å²) in [6.45, 7) is 0.376. The van der Waals surface area contributed by atoms with Gasteiger partial charge in [-0.1, -0.05) is 48.0 Å². The number of carbonyl (C=O) groups is 2. The molecule has 9 nitrogen and oxygen atoms in total. The van der Waals surface area contributed by atoms with E-state index in [1.54, 1.807) is 48.5 Å². The third kappa shape index (κ3) is 6.56. The molecule has 2 aliphatic rings. The van der Waals surface area contributed by atoms with Crippen LogP contribution in [0.5, 0.6) is 0 Å². The van der Waals surface area contributed by atoms with Gasteiger partial charge < -0.3 is 16.4 Å². The van der Waals surface area contributed by atoms with Gasteiger partial charge in [0.25, 0.3) is 5.91 Å². The smallest absolute Gasteiger partial charge is 0.323 e. The van der Waals surface area contributed by atoms with Crippen molar-refractivity contribution in [3.63, 3.8) is 0 Å². The number of sulfonamides is 1. The van der Waals surface area contributed by atoms with Crippen molar-refractivity contribution in [1.29, 1.82) is 0 Å². The van der Waals surface area contributed by atoms with Gasteiger partial charge in [0.15, 0.2) is 6.17 Å². The highest BCUT2D eigenvalue weighted by Gasteiger charge is 2.44. The van der Waals surface area contributed by atoms with Gasteiger partial charge in [-0.3, -0.25) is 9.69 Å². The van der Waals surface area contributed by atoms with E-state index in [9.17, 15) is 18.0 Å². The van der Waals surface area contributed by atoms with E-state index in [2.05, 4.69) is 10.6 Å². The van der Waals surface area contributed by atoms with E-state index < -0.39 is 28.1 Å². The molecule has 1 saturated carbocycles. The van der Waals surface area contributed by atoms with Crippen LogP contribution in [0.3, 0.4) is 0 Å². The average molecular weight is 534 g/mol. The highest BCUT2D eigenvalue weighted by Crippen LogP contribution is 2.25. The fourth-order valence-corrected chi connectivity index (χ4v) is 6.63. The van der Waals surface area contributed by atoms with Crippen molar-refractivity contribution < 1.29 is 18.0 Å². The Morgan fingerprint density at radius 1 is 1.00 bits per heavy atom. The predicted octanol–water partition coefficient (Wildman–Crippen LogP) is 3.12. The Hall–Kier alpha value is -2.66. The molecule has 194 valence electrons. The Morgan fingerprint density at radius 2 is 1.72 bits per heavy atom. The number of halogens is 1. The SMILES string of the molecule is NC1CCC(NC(=O)C2N(C(=O)Nc3cccc(Cl)c3)CCCN2S(=O)(=O)Cc2ccccc2)CC1. The molecule has 2 fully saturated rings. The Morgan fingerprint density at radius 3 is 2.42 bits per heavy atom. The lowest BCUT2D eigenvalue weighted by Crippen LogP contribution is -2.65. The maximum Gasteiger partial charge on any atom is 0.323 e. The summed E-state index contributed by atoms with van der Waals surface area (Å²) >= 11 is 6.05. The van der Waals surface area contributed by atoms with Gasteiger partial charge in [0, 0.05) is 35.9 Å². The van der Waals surface area contributed by atoms with Crippen molar-refractivity contribution >= 4 is 39.2 Å². The molecule has 2 aromatic rings. The van der Waals surface area contributed by atoms with Gasteiger partial charge in [-0.05, 0) is 55.9 Å². The van der Waals surface area contributed by atoms with Crippen LogP contribution in [0.4, 0.5) is 10.5 Å². The normalized spacial score (nSPS) is 23.2. The van der Waals surface area contributed by atoms with E-state index in [-0.39, 0.29) is 30.9 Å². The fraction of sp³-hybridized carbons (Fsp3) is 0.440. The molecule has 0 bridgehead atoms. The molecule has 11 heteroatoms. The summed E-state index contributed by atoms with van der Waals surface area (Å²) in [7, 11) is -3.92. The number of carbonyl (C=O) groups excluding carboxylic acids is 2. The number of nitrogens with two attached hydrogens (primary N) is 1. The number of rotatable bonds is 6. The maximum absolute atomic E-state index is 13.6. The maximum atomic E-state index is 13.6. The summed E-state index contributed by atoms with van der Waals surface area (Å²) in [4.78, 5) is 28.2. The molecule has 3 amide bonds. The van der Waals surface area contributed by atoms with Gasteiger partial charge in [-0.25, -0.2) is 13.2 Å². The second kappa shape index (κ2) is 11.6. The molecular formula is C25H32ClN5O4S. The first-order valence-electron chi connectivity index (χ1n) is 12.2. The molecular weight excluding hydrogens is 502 g/mol. The lowest BCUT2D eigenvalue weighted by Gasteiger charge is -2.42. The number of nitrogens with zero attached hydrogens (tertiary/aromatic N) is 2.